The highest BCUT2D eigenvalue weighted by atomic mass is 35.5. The van der Waals surface area contributed by atoms with Crippen LogP contribution < -0.4 is 5.32 Å². The van der Waals surface area contributed by atoms with Crippen LogP contribution in [-0.4, -0.2) is 12.6 Å². The van der Waals surface area contributed by atoms with E-state index in [1.54, 1.807) is 0 Å². The molecule has 1 fully saturated rings. The highest BCUT2D eigenvalue weighted by molar-refractivity contribution is 6.31. The Hall–Kier alpha value is -0.530. The highest BCUT2D eigenvalue weighted by Crippen LogP contribution is 2.40. The largest absolute Gasteiger partial charge is 0.314 e. The number of hydrogen-bond donors (Lipinski definition) is 1. The Labute approximate surface area is 122 Å². The van der Waals surface area contributed by atoms with Crippen LogP contribution in [0, 0.1) is 11.3 Å². The number of halogens is 1. The zero-order valence-electron chi connectivity index (χ0n) is 12.5. The van der Waals surface area contributed by atoms with Gasteiger partial charge in [0, 0.05) is 11.1 Å². The summed E-state index contributed by atoms with van der Waals surface area (Å²) in [5, 5.41) is 4.63. The van der Waals surface area contributed by atoms with E-state index in [9.17, 15) is 0 Å². The van der Waals surface area contributed by atoms with Gasteiger partial charge in [-0.1, -0.05) is 57.5 Å². The Morgan fingerprint density at radius 3 is 2.47 bits per heavy atom. The molecule has 0 aliphatic heterocycles. The first-order valence-corrected chi connectivity index (χ1v) is 7.73. The van der Waals surface area contributed by atoms with E-state index in [0.29, 0.717) is 23.3 Å². The van der Waals surface area contributed by atoms with Gasteiger partial charge in [0.15, 0.2) is 0 Å². The number of benzene rings is 1. The molecule has 0 heterocycles. The first-order valence-electron chi connectivity index (χ1n) is 7.35. The molecule has 0 radical (unpaired) electrons. The van der Waals surface area contributed by atoms with Crippen LogP contribution in [0.25, 0.3) is 0 Å². The molecule has 1 unspecified atom stereocenters. The van der Waals surface area contributed by atoms with Crippen molar-refractivity contribution in [2.45, 2.75) is 52.5 Å². The zero-order chi connectivity index (χ0) is 14.0. The molecule has 0 aromatic heterocycles. The molecule has 1 aliphatic rings. The van der Waals surface area contributed by atoms with Crippen molar-refractivity contribution in [3.05, 3.63) is 34.9 Å². The molecule has 1 N–H and O–H groups in total. The van der Waals surface area contributed by atoms with Crippen molar-refractivity contribution < 1.29 is 0 Å². The minimum atomic E-state index is 0.388. The average Bonchev–Trinajstić information content (AvgIpc) is 2.27. The molecule has 0 bridgehead atoms. The third-order valence-corrected chi connectivity index (χ3v) is 5.02. The topological polar surface area (TPSA) is 12.0 Å². The molecule has 1 aromatic rings. The highest BCUT2D eigenvalue weighted by Gasteiger charge is 2.32. The first kappa shape index (κ1) is 14.9. The third kappa shape index (κ3) is 3.73. The third-order valence-electron chi connectivity index (χ3n) is 4.67. The lowest BCUT2D eigenvalue weighted by Gasteiger charge is -2.38. The molecular formula is C17H26ClN. The lowest BCUT2D eigenvalue weighted by molar-refractivity contribution is 0.215. The number of nitrogens with one attached hydrogen (secondary N) is 1. The molecular weight excluding hydrogens is 254 g/mol. The SMILES string of the molecule is CC(CNC1CC(c2ccccc2Cl)C1)C(C)(C)C. The van der Waals surface area contributed by atoms with Gasteiger partial charge in [-0.15, -0.1) is 0 Å². The van der Waals surface area contributed by atoms with Crippen LogP contribution in [0.3, 0.4) is 0 Å². The number of rotatable bonds is 4. The molecule has 2 heteroatoms. The minimum absolute atomic E-state index is 0.388. The maximum Gasteiger partial charge on any atom is 0.0440 e. The summed E-state index contributed by atoms with van der Waals surface area (Å²) in [7, 11) is 0. The van der Waals surface area contributed by atoms with E-state index in [1.807, 2.05) is 12.1 Å². The van der Waals surface area contributed by atoms with E-state index in [4.69, 9.17) is 11.6 Å². The van der Waals surface area contributed by atoms with E-state index in [0.717, 1.165) is 11.6 Å². The van der Waals surface area contributed by atoms with Gasteiger partial charge < -0.3 is 5.32 Å². The van der Waals surface area contributed by atoms with Gasteiger partial charge in [-0.3, -0.25) is 0 Å². The Kier molecular flexibility index (Phi) is 4.58. The standard InChI is InChI=1S/C17H26ClN/c1-12(17(2,3)4)11-19-14-9-13(10-14)15-7-5-6-8-16(15)18/h5-8,12-14,19H,9-11H2,1-4H3. The molecule has 1 nitrogen and oxygen atoms in total. The van der Waals surface area contributed by atoms with Crippen LogP contribution in [0.4, 0.5) is 0 Å². The predicted octanol–water partition coefficient (Wildman–Crippen LogP) is 4.86. The second-order valence-corrected chi connectivity index (χ2v) is 7.47. The summed E-state index contributed by atoms with van der Waals surface area (Å²) in [6.07, 6.45) is 2.45. The van der Waals surface area contributed by atoms with E-state index >= 15 is 0 Å². The van der Waals surface area contributed by atoms with Crippen LogP contribution in [0.15, 0.2) is 24.3 Å². The maximum atomic E-state index is 6.25. The summed E-state index contributed by atoms with van der Waals surface area (Å²) in [6.45, 7) is 10.4. The molecule has 0 spiro atoms. The Bertz CT molecular complexity index is 416. The average molecular weight is 280 g/mol. The van der Waals surface area contributed by atoms with Gasteiger partial charge in [0.05, 0.1) is 0 Å². The fourth-order valence-electron chi connectivity index (χ4n) is 2.49. The Balaban J connectivity index is 1.77. The van der Waals surface area contributed by atoms with Crippen molar-refractivity contribution in [2.24, 2.45) is 11.3 Å². The lowest BCUT2D eigenvalue weighted by atomic mass is 9.75. The van der Waals surface area contributed by atoms with Crippen LogP contribution in [0.5, 0.6) is 0 Å². The van der Waals surface area contributed by atoms with Crippen molar-refractivity contribution in [3.8, 4) is 0 Å². The smallest absolute Gasteiger partial charge is 0.0440 e. The van der Waals surface area contributed by atoms with Crippen LogP contribution in [-0.2, 0) is 0 Å². The van der Waals surface area contributed by atoms with Gasteiger partial charge in [0.25, 0.3) is 0 Å². The van der Waals surface area contributed by atoms with Crippen molar-refractivity contribution in [1.29, 1.82) is 0 Å². The van der Waals surface area contributed by atoms with Gasteiger partial charge in [0.2, 0.25) is 0 Å². The first-order chi connectivity index (χ1) is 8.88. The number of hydrogen-bond acceptors (Lipinski definition) is 1. The molecule has 1 saturated carbocycles. The van der Waals surface area contributed by atoms with E-state index < -0.39 is 0 Å². The summed E-state index contributed by atoms with van der Waals surface area (Å²) in [6, 6.07) is 8.93. The molecule has 0 amide bonds. The second kappa shape index (κ2) is 5.85. The van der Waals surface area contributed by atoms with Gasteiger partial charge in [-0.05, 0) is 48.3 Å². The Morgan fingerprint density at radius 2 is 1.89 bits per heavy atom. The second-order valence-electron chi connectivity index (χ2n) is 7.06. The Morgan fingerprint density at radius 1 is 1.26 bits per heavy atom. The molecule has 106 valence electrons. The van der Waals surface area contributed by atoms with Crippen LogP contribution >= 0.6 is 11.6 Å². The van der Waals surface area contributed by atoms with Gasteiger partial charge >= 0.3 is 0 Å². The summed E-state index contributed by atoms with van der Waals surface area (Å²) in [5.41, 5.74) is 1.71. The fourth-order valence-corrected chi connectivity index (χ4v) is 2.78. The summed E-state index contributed by atoms with van der Waals surface area (Å²) < 4.78 is 0. The molecule has 1 atom stereocenters. The monoisotopic (exact) mass is 279 g/mol. The van der Waals surface area contributed by atoms with Gasteiger partial charge in [-0.25, -0.2) is 0 Å². The minimum Gasteiger partial charge on any atom is -0.314 e. The summed E-state index contributed by atoms with van der Waals surface area (Å²) >= 11 is 6.25. The van der Waals surface area contributed by atoms with E-state index in [1.165, 1.54) is 18.4 Å². The normalized spacial score (nSPS) is 24.9. The van der Waals surface area contributed by atoms with E-state index in [2.05, 4.69) is 45.1 Å². The predicted molar refractivity (Wildman–Crippen MR) is 83.8 cm³/mol. The summed E-state index contributed by atoms with van der Waals surface area (Å²) in [5.74, 6) is 1.35. The summed E-state index contributed by atoms with van der Waals surface area (Å²) in [4.78, 5) is 0. The molecule has 1 aromatic carbocycles. The van der Waals surface area contributed by atoms with Gasteiger partial charge in [-0.2, -0.15) is 0 Å². The lowest BCUT2D eigenvalue weighted by Crippen LogP contribution is -2.43. The van der Waals surface area contributed by atoms with Crippen LogP contribution in [0.2, 0.25) is 5.02 Å². The van der Waals surface area contributed by atoms with Gasteiger partial charge in [0.1, 0.15) is 0 Å². The van der Waals surface area contributed by atoms with Crippen molar-refractivity contribution >= 4 is 11.6 Å². The van der Waals surface area contributed by atoms with Crippen molar-refractivity contribution in [3.63, 3.8) is 0 Å². The quantitative estimate of drug-likeness (QED) is 0.830. The molecule has 2 rings (SSSR count). The fraction of sp³-hybridized carbons (Fsp3) is 0.647. The molecule has 19 heavy (non-hydrogen) atoms. The molecule has 1 aliphatic carbocycles. The molecule has 0 saturated heterocycles. The maximum absolute atomic E-state index is 6.25. The van der Waals surface area contributed by atoms with E-state index in [-0.39, 0.29) is 0 Å². The van der Waals surface area contributed by atoms with Crippen molar-refractivity contribution in [2.75, 3.05) is 6.54 Å². The zero-order valence-corrected chi connectivity index (χ0v) is 13.3. The van der Waals surface area contributed by atoms with Crippen molar-refractivity contribution in [1.82, 2.24) is 5.32 Å². The van der Waals surface area contributed by atoms with Crippen LogP contribution in [0.1, 0.15) is 52.0 Å².